The number of aliphatic hydroxyl groups excluding tert-OH is 1. The Labute approximate surface area is 86.3 Å². The van der Waals surface area contributed by atoms with Gasteiger partial charge in [0.1, 0.15) is 5.82 Å². The smallest absolute Gasteiger partial charge is 0.140 e. The zero-order valence-electron chi connectivity index (χ0n) is 7.71. The van der Waals surface area contributed by atoms with Crippen molar-refractivity contribution in [3.05, 3.63) is 22.3 Å². The molecule has 4 heteroatoms. The Hall–Kier alpha value is -0.610. The third-order valence-electron chi connectivity index (χ3n) is 1.74. The largest absolute Gasteiger partial charge is 0.394 e. The minimum atomic E-state index is 0.0191. The van der Waals surface area contributed by atoms with Crippen LogP contribution in [0.5, 0.6) is 0 Å². The van der Waals surface area contributed by atoms with Gasteiger partial charge in [-0.2, -0.15) is 0 Å². The molecule has 2 N–H and O–H groups in total. The lowest BCUT2D eigenvalue weighted by Gasteiger charge is -2.13. The van der Waals surface area contributed by atoms with Gasteiger partial charge in [0.2, 0.25) is 0 Å². The molecular formula is C9H13BrN2O. The number of hydrogen-bond donors (Lipinski definition) is 2. The van der Waals surface area contributed by atoms with Gasteiger partial charge in [-0.3, -0.25) is 0 Å². The summed E-state index contributed by atoms with van der Waals surface area (Å²) in [6, 6.07) is 1.95. The van der Waals surface area contributed by atoms with Crippen LogP contribution in [-0.2, 0) is 0 Å². The minimum Gasteiger partial charge on any atom is -0.394 e. The number of anilines is 1. The molecule has 0 aliphatic heterocycles. The first-order valence-corrected chi connectivity index (χ1v) is 4.93. The Balaban J connectivity index is 2.83. The number of aliphatic hydroxyl groups is 1. The Morgan fingerprint density at radius 1 is 1.69 bits per heavy atom. The molecule has 1 rings (SSSR count). The second-order valence-corrected chi connectivity index (χ2v) is 3.81. The van der Waals surface area contributed by atoms with Crippen molar-refractivity contribution >= 4 is 21.7 Å². The van der Waals surface area contributed by atoms with Crippen LogP contribution in [-0.4, -0.2) is 22.7 Å². The van der Waals surface area contributed by atoms with E-state index in [0.29, 0.717) is 0 Å². The number of aryl methyl sites for hydroxylation is 1. The Kier molecular flexibility index (Phi) is 3.69. The number of hydrogen-bond acceptors (Lipinski definition) is 3. The summed E-state index contributed by atoms with van der Waals surface area (Å²) in [5.74, 6) is 0.779. The summed E-state index contributed by atoms with van der Waals surface area (Å²) < 4.78 is 0.954. The second-order valence-electron chi connectivity index (χ2n) is 3.02. The molecule has 1 heterocycles. The van der Waals surface area contributed by atoms with Crippen molar-refractivity contribution in [2.24, 2.45) is 0 Å². The third kappa shape index (κ3) is 2.67. The summed E-state index contributed by atoms with van der Waals surface area (Å²) in [6.45, 7) is 4.00. The maximum atomic E-state index is 8.85. The zero-order chi connectivity index (χ0) is 9.84. The Morgan fingerprint density at radius 3 is 3.00 bits per heavy atom. The summed E-state index contributed by atoms with van der Waals surface area (Å²) in [4.78, 5) is 4.16. The zero-order valence-corrected chi connectivity index (χ0v) is 9.30. The van der Waals surface area contributed by atoms with Gasteiger partial charge < -0.3 is 10.4 Å². The lowest BCUT2D eigenvalue weighted by Crippen LogP contribution is -2.20. The van der Waals surface area contributed by atoms with Crippen molar-refractivity contribution in [1.82, 2.24) is 4.98 Å². The van der Waals surface area contributed by atoms with E-state index < -0.39 is 0 Å². The Bertz CT molecular complexity index is 291. The van der Waals surface area contributed by atoms with Crippen LogP contribution in [0.3, 0.4) is 0 Å². The van der Waals surface area contributed by atoms with Crippen molar-refractivity contribution < 1.29 is 5.11 Å². The molecule has 0 radical (unpaired) electrons. The van der Waals surface area contributed by atoms with Gasteiger partial charge in [-0.1, -0.05) is 0 Å². The van der Waals surface area contributed by atoms with Crippen molar-refractivity contribution in [1.29, 1.82) is 0 Å². The number of halogens is 1. The third-order valence-corrected chi connectivity index (χ3v) is 2.74. The van der Waals surface area contributed by atoms with Gasteiger partial charge >= 0.3 is 0 Å². The van der Waals surface area contributed by atoms with Crippen molar-refractivity contribution in [2.75, 3.05) is 11.9 Å². The number of pyridine rings is 1. The van der Waals surface area contributed by atoms with E-state index in [9.17, 15) is 0 Å². The molecule has 0 amide bonds. The highest BCUT2D eigenvalue weighted by Gasteiger charge is 2.06. The summed E-state index contributed by atoms with van der Waals surface area (Å²) in [5, 5.41) is 11.9. The molecule has 0 saturated heterocycles. The number of rotatable bonds is 3. The molecule has 0 aliphatic rings. The normalized spacial score (nSPS) is 12.6. The molecule has 1 atom stereocenters. The highest BCUT2D eigenvalue weighted by Crippen LogP contribution is 2.23. The van der Waals surface area contributed by atoms with Crippen molar-refractivity contribution in [2.45, 2.75) is 19.9 Å². The van der Waals surface area contributed by atoms with Gasteiger partial charge in [0.15, 0.2) is 0 Å². The van der Waals surface area contributed by atoms with E-state index in [4.69, 9.17) is 5.11 Å². The second kappa shape index (κ2) is 4.58. The quantitative estimate of drug-likeness (QED) is 0.855. The molecule has 72 valence electrons. The van der Waals surface area contributed by atoms with Crippen LogP contribution in [0, 0.1) is 6.92 Å². The van der Waals surface area contributed by atoms with Gasteiger partial charge in [0, 0.05) is 12.2 Å². The fourth-order valence-corrected chi connectivity index (χ4v) is 1.27. The monoisotopic (exact) mass is 244 g/mol. The van der Waals surface area contributed by atoms with E-state index in [-0.39, 0.29) is 12.6 Å². The average Bonchev–Trinajstić information content (AvgIpc) is 2.13. The van der Waals surface area contributed by atoms with Crippen molar-refractivity contribution in [3.8, 4) is 0 Å². The van der Waals surface area contributed by atoms with Gasteiger partial charge in [0.25, 0.3) is 0 Å². The standard InChI is InChI=1S/C9H13BrN2O/c1-6-3-4-11-9(8(6)10)12-7(2)5-13/h3-4,7,13H,5H2,1-2H3,(H,11,12). The van der Waals surface area contributed by atoms with E-state index in [2.05, 4.69) is 26.2 Å². The van der Waals surface area contributed by atoms with E-state index in [1.165, 1.54) is 0 Å². The van der Waals surface area contributed by atoms with Gasteiger partial charge in [0.05, 0.1) is 11.1 Å². The molecule has 0 fully saturated rings. The van der Waals surface area contributed by atoms with Gasteiger partial charge in [-0.05, 0) is 41.4 Å². The van der Waals surface area contributed by atoms with E-state index in [1.807, 2.05) is 19.9 Å². The van der Waals surface area contributed by atoms with Crippen LogP contribution in [0.15, 0.2) is 16.7 Å². The lowest BCUT2D eigenvalue weighted by molar-refractivity contribution is 0.281. The van der Waals surface area contributed by atoms with Crippen LogP contribution in [0.1, 0.15) is 12.5 Å². The SMILES string of the molecule is Cc1ccnc(NC(C)CO)c1Br. The molecule has 3 nitrogen and oxygen atoms in total. The molecule has 0 saturated carbocycles. The summed E-state index contributed by atoms with van der Waals surface area (Å²) in [5.41, 5.74) is 1.13. The minimum absolute atomic E-state index is 0.0191. The molecule has 13 heavy (non-hydrogen) atoms. The highest BCUT2D eigenvalue weighted by atomic mass is 79.9. The van der Waals surface area contributed by atoms with Crippen LogP contribution in [0.25, 0.3) is 0 Å². The number of nitrogens with zero attached hydrogens (tertiary/aromatic N) is 1. The van der Waals surface area contributed by atoms with E-state index >= 15 is 0 Å². The molecular weight excluding hydrogens is 232 g/mol. The molecule has 0 spiro atoms. The van der Waals surface area contributed by atoms with Gasteiger partial charge in [-0.15, -0.1) is 0 Å². The van der Waals surface area contributed by atoms with Gasteiger partial charge in [-0.25, -0.2) is 4.98 Å². The predicted molar refractivity (Wildman–Crippen MR) is 56.8 cm³/mol. The van der Waals surface area contributed by atoms with Crippen LogP contribution in [0.4, 0.5) is 5.82 Å². The van der Waals surface area contributed by atoms with Crippen LogP contribution < -0.4 is 5.32 Å². The van der Waals surface area contributed by atoms with E-state index in [1.54, 1.807) is 6.20 Å². The fraction of sp³-hybridized carbons (Fsp3) is 0.444. The fourth-order valence-electron chi connectivity index (χ4n) is 0.920. The summed E-state index contributed by atoms with van der Waals surface area (Å²) >= 11 is 3.43. The average molecular weight is 245 g/mol. The molecule has 0 bridgehead atoms. The Morgan fingerprint density at radius 2 is 2.38 bits per heavy atom. The predicted octanol–water partition coefficient (Wildman–Crippen LogP) is 1.95. The van der Waals surface area contributed by atoms with Crippen LogP contribution in [0.2, 0.25) is 0 Å². The number of nitrogens with one attached hydrogen (secondary N) is 1. The first kappa shape index (κ1) is 10.5. The van der Waals surface area contributed by atoms with Crippen molar-refractivity contribution in [3.63, 3.8) is 0 Å². The molecule has 1 unspecified atom stereocenters. The van der Waals surface area contributed by atoms with E-state index in [0.717, 1.165) is 15.9 Å². The lowest BCUT2D eigenvalue weighted by atomic mass is 10.3. The first-order valence-electron chi connectivity index (χ1n) is 4.13. The molecule has 0 aromatic carbocycles. The molecule has 0 aliphatic carbocycles. The maximum absolute atomic E-state index is 8.85. The summed E-state index contributed by atoms with van der Waals surface area (Å²) in [6.07, 6.45) is 1.74. The topological polar surface area (TPSA) is 45.2 Å². The first-order chi connectivity index (χ1) is 6.15. The molecule has 1 aromatic rings. The molecule has 1 aromatic heterocycles. The highest BCUT2D eigenvalue weighted by molar-refractivity contribution is 9.10. The maximum Gasteiger partial charge on any atom is 0.140 e. The number of aromatic nitrogens is 1. The summed E-state index contributed by atoms with van der Waals surface area (Å²) in [7, 11) is 0. The van der Waals surface area contributed by atoms with Crippen LogP contribution >= 0.6 is 15.9 Å².